The van der Waals surface area contributed by atoms with E-state index in [1.807, 2.05) is 41.0 Å². The average Bonchev–Trinajstić information content (AvgIpc) is 3.15. The van der Waals surface area contributed by atoms with Gasteiger partial charge in [-0.3, -0.25) is 4.79 Å². The molecule has 3 nitrogen and oxygen atoms in total. The van der Waals surface area contributed by atoms with E-state index >= 15 is 0 Å². The van der Waals surface area contributed by atoms with Crippen LogP contribution in [0.15, 0.2) is 41.8 Å². The molecule has 2 aromatic rings. The summed E-state index contributed by atoms with van der Waals surface area (Å²) < 4.78 is 5.56. The number of thiophene rings is 1. The highest BCUT2D eigenvalue weighted by atomic mass is 32.2. The highest BCUT2D eigenvalue weighted by Gasteiger charge is 2.17. The molecule has 1 aromatic carbocycles. The molecule has 23 heavy (non-hydrogen) atoms. The van der Waals surface area contributed by atoms with Crippen molar-refractivity contribution in [1.82, 2.24) is 0 Å². The molecule has 1 saturated heterocycles. The summed E-state index contributed by atoms with van der Waals surface area (Å²) >= 11 is 5.24. The topological polar surface area (TPSA) is 43.4 Å². The van der Waals surface area contributed by atoms with E-state index < -0.39 is 5.97 Å². The lowest BCUT2D eigenvalue weighted by molar-refractivity contribution is 0.0476. The first-order chi connectivity index (χ1) is 11.2. The molecular formula is C17H16O3S3. The number of benzene rings is 1. The van der Waals surface area contributed by atoms with E-state index in [1.165, 1.54) is 34.8 Å². The van der Waals surface area contributed by atoms with Crippen LogP contribution in [0.3, 0.4) is 0 Å². The fourth-order valence-electron chi connectivity index (χ4n) is 2.18. The Morgan fingerprint density at radius 1 is 1.09 bits per heavy atom. The standard InChI is InChI=1S/C17H16O3S3/c18-14(15-3-1-8-21-15)11-20-16(19)12-4-6-13(7-5-12)17-22-9-2-10-23-17/h1,3-8,17H,2,9-11H2. The van der Waals surface area contributed by atoms with Gasteiger partial charge in [0.1, 0.15) is 0 Å². The maximum atomic E-state index is 12.0. The summed E-state index contributed by atoms with van der Waals surface area (Å²) in [5, 5.41) is 1.83. The number of hydrogen-bond acceptors (Lipinski definition) is 6. The Kier molecular flexibility index (Phi) is 5.80. The van der Waals surface area contributed by atoms with E-state index in [1.54, 1.807) is 24.3 Å². The molecule has 1 fully saturated rings. The van der Waals surface area contributed by atoms with E-state index in [4.69, 9.17) is 4.74 Å². The van der Waals surface area contributed by atoms with E-state index in [0.29, 0.717) is 15.0 Å². The second-order valence-corrected chi connectivity index (χ2v) is 8.70. The van der Waals surface area contributed by atoms with Gasteiger partial charge in [-0.25, -0.2) is 4.79 Å². The molecule has 6 heteroatoms. The van der Waals surface area contributed by atoms with Crippen molar-refractivity contribution in [3.8, 4) is 0 Å². The molecule has 1 aliphatic rings. The van der Waals surface area contributed by atoms with Crippen LogP contribution in [0.4, 0.5) is 0 Å². The Balaban J connectivity index is 1.56. The van der Waals surface area contributed by atoms with Crippen molar-refractivity contribution < 1.29 is 14.3 Å². The smallest absolute Gasteiger partial charge is 0.338 e. The number of rotatable bonds is 5. The minimum absolute atomic E-state index is 0.167. The van der Waals surface area contributed by atoms with Gasteiger partial charge >= 0.3 is 5.97 Å². The van der Waals surface area contributed by atoms with Crippen LogP contribution in [0, 0.1) is 0 Å². The molecule has 1 aliphatic heterocycles. The van der Waals surface area contributed by atoms with Crippen LogP contribution in [0.25, 0.3) is 0 Å². The predicted octanol–water partition coefficient (Wildman–Crippen LogP) is 4.66. The number of esters is 1. The van der Waals surface area contributed by atoms with Crippen LogP contribution >= 0.6 is 34.9 Å². The van der Waals surface area contributed by atoms with E-state index in [2.05, 4.69) is 0 Å². The lowest BCUT2D eigenvalue weighted by Gasteiger charge is -2.21. The monoisotopic (exact) mass is 364 g/mol. The third-order valence-electron chi connectivity index (χ3n) is 3.38. The summed E-state index contributed by atoms with van der Waals surface area (Å²) in [6.07, 6.45) is 1.26. The Labute approximate surface area is 147 Å². The quantitative estimate of drug-likeness (QED) is 0.570. The third kappa shape index (κ3) is 4.40. The summed E-state index contributed by atoms with van der Waals surface area (Å²) in [6, 6.07) is 11.1. The molecule has 3 rings (SSSR count). The molecule has 0 spiro atoms. The minimum Gasteiger partial charge on any atom is -0.454 e. The van der Waals surface area contributed by atoms with Gasteiger partial charge in [0.2, 0.25) is 5.78 Å². The summed E-state index contributed by atoms with van der Waals surface area (Å²) in [6.45, 7) is -0.213. The Hall–Kier alpha value is -1.24. The number of ketones is 1. The lowest BCUT2D eigenvalue weighted by atomic mass is 10.1. The number of thioether (sulfide) groups is 2. The first kappa shape index (κ1) is 16.6. The molecule has 0 radical (unpaired) electrons. The molecule has 0 amide bonds. The molecule has 1 aromatic heterocycles. The predicted molar refractivity (Wildman–Crippen MR) is 97.6 cm³/mol. The average molecular weight is 365 g/mol. The van der Waals surface area contributed by atoms with Crippen LogP contribution in [-0.4, -0.2) is 29.9 Å². The number of carbonyl (C=O) groups is 2. The fraction of sp³-hybridized carbons (Fsp3) is 0.294. The van der Waals surface area contributed by atoms with Gasteiger partial charge < -0.3 is 4.74 Å². The Morgan fingerprint density at radius 2 is 1.83 bits per heavy atom. The first-order valence-electron chi connectivity index (χ1n) is 7.31. The number of Topliss-reactive ketones (excluding diaryl/α,β-unsaturated/α-hetero) is 1. The van der Waals surface area contributed by atoms with Crippen LogP contribution in [0.5, 0.6) is 0 Å². The van der Waals surface area contributed by atoms with Gasteiger partial charge in [0.15, 0.2) is 6.61 Å². The third-order valence-corrected chi connectivity index (χ3v) is 7.30. The van der Waals surface area contributed by atoms with E-state index in [0.717, 1.165) is 0 Å². The van der Waals surface area contributed by atoms with Crippen molar-refractivity contribution in [2.24, 2.45) is 0 Å². The highest BCUT2D eigenvalue weighted by Crippen LogP contribution is 2.43. The molecular weight excluding hydrogens is 348 g/mol. The number of carbonyl (C=O) groups excluding carboxylic acids is 2. The van der Waals surface area contributed by atoms with Gasteiger partial charge in [-0.2, -0.15) is 0 Å². The number of ether oxygens (including phenoxy) is 1. The van der Waals surface area contributed by atoms with Crippen molar-refractivity contribution in [3.05, 3.63) is 57.8 Å². The van der Waals surface area contributed by atoms with Gasteiger partial charge in [0, 0.05) is 0 Å². The minimum atomic E-state index is -0.453. The molecule has 0 atom stereocenters. The van der Waals surface area contributed by atoms with Crippen LogP contribution < -0.4 is 0 Å². The summed E-state index contributed by atoms with van der Waals surface area (Å²) in [5.74, 6) is 1.75. The second kappa shape index (κ2) is 8.04. The van der Waals surface area contributed by atoms with Crippen molar-refractivity contribution in [2.75, 3.05) is 18.1 Å². The molecule has 0 bridgehead atoms. The van der Waals surface area contributed by atoms with Gasteiger partial charge in [-0.1, -0.05) is 18.2 Å². The summed E-state index contributed by atoms with van der Waals surface area (Å²) in [5.41, 5.74) is 1.71. The molecule has 2 heterocycles. The number of hydrogen-bond donors (Lipinski definition) is 0. The summed E-state index contributed by atoms with van der Waals surface area (Å²) in [4.78, 5) is 24.5. The van der Waals surface area contributed by atoms with E-state index in [-0.39, 0.29) is 12.4 Å². The fourth-order valence-corrected chi connectivity index (χ4v) is 5.72. The van der Waals surface area contributed by atoms with Crippen molar-refractivity contribution >= 4 is 46.6 Å². The SMILES string of the molecule is O=C(OCC(=O)c1cccs1)c1ccc(C2SCCCS2)cc1. The van der Waals surface area contributed by atoms with Gasteiger partial charge in [0.05, 0.1) is 15.0 Å². The van der Waals surface area contributed by atoms with E-state index in [9.17, 15) is 9.59 Å². The van der Waals surface area contributed by atoms with Gasteiger partial charge in [-0.05, 0) is 47.1 Å². The molecule has 0 N–H and O–H groups in total. The largest absolute Gasteiger partial charge is 0.454 e. The molecule has 0 unspecified atom stereocenters. The maximum Gasteiger partial charge on any atom is 0.338 e. The van der Waals surface area contributed by atoms with Gasteiger partial charge in [-0.15, -0.1) is 34.9 Å². The van der Waals surface area contributed by atoms with Crippen LogP contribution in [0.2, 0.25) is 0 Å². The molecule has 120 valence electrons. The Morgan fingerprint density at radius 3 is 2.48 bits per heavy atom. The van der Waals surface area contributed by atoms with Crippen molar-refractivity contribution in [2.45, 2.75) is 11.0 Å². The molecule has 0 aliphatic carbocycles. The maximum absolute atomic E-state index is 12.0. The highest BCUT2D eigenvalue weighted by molar-refractivity contribution is 8.16. The van der Waals surface area contributed by atoms with Crippen LogP contribution in [-0.2, 0) is 4.74 Å². The zero-order valence-electron chi connectivity index (χ0n) is 12.4. The van der Waals surface area contributed by atoms with Gasteiger partial charge in [0.25, 0.3) is 0 Å². The summed E-state index contributed by atoms with van der Waals surface area (Å²) in [7, 11) is 0. The molecule has 0 saturated carbocycles. The normalized spacial score (nSPS) is 15.3. The second-order valence-electron chi connectivity index (χ2n) is 5.03. The Bertz CT molecular complexity index is 659. The zero-order chi connectivity index (χ0) is 16.1. The van der Waals surface area contributed by atoms with Crippen LogP contribution in [0.1, 0.15) is 36.6 Å². The van der Waals surface area contributed by atoms with Crippen molar-refractivity contribution in [3.63, 3.8) is 0 Å². The van der Waals surface area contributed by atoms with Crippen molar-refractivity contribution in [1.29, 1.82) is 0 Å². The first-order valence-corrected chi connectivity index (χ1v) is 10.3. The lowest BCUT2D eigenvalue weighted by Crippen LogP contribution is -2.13. The zero-order valence-corrected chi connectivity index (χ0v) is 14.8.